The Kier molecular flexibility index (Phi) is 4.18. The van der Waals surface area contributed by atoms with E-state index in [4.69, 9.17) is 0 Å². The summed E-state index contributed by atoms with van der Waals surface area (Å²) in [7, 11) is 0. The zero-order valence-electron chi connectivity index (χ0n) is 10.4. The second-order valence-electron chi connectivity index (χ2n) is 4.49. The molecule has 0 fully saturated rings. The molecule has 100 valence electrons. The number of nitro groups is 1. The average molecular weight is 372 g/mol. The maximum absolute atomic E-state index is 12.4. The Morgan fingerprint density at radius 3 is 2.84 bits per heavy atom. The quantitative estimate of drug-likeness (QED) is 0.347. The second kappa shape index (κ2) is 5.68. The van der Waals surface area contributed by atoms with Crippen LogP contribution in [0.2, 0.25) is 0 Å². The van der Waals surface area contributed by atoms with Crippen LogP contribution in [-0.2, 0) is 0 Å². The first-order valence-corrected chi connectivity index (χ1v) is 6.96. The standard InChI is InChI=1S/C13H13IN2O3/c1-9-3-2-6-15(8-9)13(17)11-7-10(16(18)19)4-5-12(11)14/h3-5,7H,2,6,8H2,1H3. The first kappa shape index (κ1) is 14.0. The molecule has 0 radical (unpaired) electrons. The van der Waals surface area contributed by atoms with E-state index < -0.39 is 4.92 Å². The van der Waals surface area contributed by atoms with Gasteiger partial charge in [0.2, 0.25) is 0 Å². The summed E-state index contributed by atoms with van der Waals surface area (Å²) in [6, 6.07) is 4.39. The second-order valence-corrected chi connectivity index (χ2v) is 5.65. The molecule has 19 heavy (non-hydrogen) atoms. The van der Waals surface area contributed by atoms with E-state index in [9.17, 15) is 14.9 Å². The normalized spacial score (nSPS) is 15.1. The van der Waals surface area contributed by atoms with Crippen LogP contribution in [0, 0.1) is 13.7 Å². The summed E-state index contributed by atoms with van der Waals surface area (Å²) in [6.45, 7) is 3.24. The minimum atomic E-state index is -0.478. The molecule has 0 saturated heterocycles. The van der Waals surface area contributed by atoms with Crippen LogP contribution in [0.25, 0.3) is 0 Å². The smallest absolute Gasteiger partial charge is 0.270 e. The summed E-state index contributed by atoms with van der Waals surface area (Å²) in [5.74, 6) is -0.138. The lowest BCUT2D eigenvalue weighted by molar-refractivity contribution is -0.384. The molecule has 1 aromatic carbocycles. The van der Waals surface area contributed by atoms with Crippen LogP contribution in [0.3, 0.4) is 0 Å². The molecule has 0 spiro atoms. The van der Waals surface area contributed by atoms with Gasteiger partial charge in [0.05, 0.1) is 10.5 Å². The summed E-state index contributed by atoms with van der Waals surface area (Å²) in [6.07, 6.45) is 2.95. The third-order valence-corrected chi connectivity index (χ3v) is 3.95. The van der Waals surface area contributed by atoms with Gasteiger partial charge in [0.1, 0.15) is 0 Å². The Hall–Kier alpha value is -1.44. The molecule has 1 aliphatic heterocycles. The molecule has 0 aliphatic carbocycles. The van der Waals surface area contributed by atoms with Crippen LogP contribution in [0.15, 0.2) is 29.8 Å². The number of amides is 1. The van der Waals surface area contributed by atoms with E-state index in [2.05, 4.69) is 6.08 Å². The molecule has 0 N–H and O–H groups in total. The van der Waals surface area contributed by atoms with Gasteiger partial charge < -0.3 is 4.90 Å². The number of halogens is 1. The maximum Gasteiger partial charge on any atom is 0.270 e. The highest BCUT2D eigenvalue weighted by Gasteiger charge is 2.22. The number of nitrogens with zero attached hydrogens (tertiary/aromatic N) is 2. The average Bonchev–Trinajstić information content (AvgIpc) is 2.38. The first-order chi connectivity index (χ1) is 8.99. The summed E-state index contributed by atoms with van der Waals surface area (Å²) in [5.41, 5.74) is 1.51. The number of hydrogen-bond donors (Lipinski definition) is 0. The molecule has 1 aromatic rings. The molecule has 0 aromatic heterocycles. The van der Waals surface area contributed by atoms with E-state index in [1.165, 1.54) is 12.1 Å². The molecule has 0 bridgehead atoms. The van der Waals surface area contributed by atoms with Crippen molar-refractivity contribution >= 4 is 34.2 Å². The van der Waals surface area contributed by atoms with Crippen molar-refractivity contribution in [1.29, 1.82) is 0 Å². The topological polar surface area (TPSA) is 63.5 Å². The van der Waals surface area contributed by atoms with E-state index >= 15 is 0 Å². The lowest BCUT2D eigenvalue weighted by Crippen LogP contribution is -2.35. The van der Waals surface area contributed by atoms with Crippen LogP contribution >= 0.6 is 22.6 Å². The van der Waals surface area contributed by atoms with Crippen molar-refractivity contribution < 1.29 is 9.72 Å². The van der Waals surface area contributed by atoms with Crippen molar-refractivity contribution in [1.82, 2.24) is 4.90 Å². The van der Waals surface area contributed by atoms with Gasteiger partial charge in [0.25, 0.3) is 11.6 Å². The molecule has 6 heteroatoms. The van der Waals surface area contributed by atoms with Crippen molar-refractivity contribution in [3.63, 3.8) is 0 Å². The minimum Gasteiger partial charge on any atom is -0.334 e. The Morgan fingerprint density at radius 2 is 2.21 bits per heavy atom. The van der Waals surface area contributed by atoms with Crippen LogP contribution in [0.1, 0.15) is 23.7 Å². The van der Waals surface area contributed by atoms with Gasteiger partial charge in [-0.25, -0.2) is 0 Å². The molecule has 1 aliphatic rings. The third kappa shape index (κ3) is 3.12. The Balaban J connectivity index is 2.30. The van der Waals surface area contributed by atoms with Crippen molar-refractivity contribution in [3.8, 4) is 0 Å². The fraction of sp³-hybridized carbons (Fsp3) is 0.308. The number of carbonyl (C=O) groups is 1. The molecule has 2 rings (SSSR count). The minimum absolute atomic E-state index is 0.0481. The van der Waals surface area contributed by atoms with E-state index in [0.29, 0.717) is 18.7 Å². The van der Waals surface area contributed by atoms with Crippen molar-refractivity contribution in [2.45, 2.75) is 13.3 Å². The summed E-state index contributed by atoms with van der Waals surface area (Å²) >= 11 is 2.03. The number of nitro benzene ring substituents is 1. The zero-order valence-corrected chi connectivity index (χ0v) is 12.6. The lowest BCUT2D eigenvalue weighted by Gasteiger charge is -2.26. The van der Waals surface area contributed by atoms with Crippen molar-refractivity contribution in [2.24, 2.45) is 0 Å². The number of hydrogen-bond acceptors (Lipinski definition) is 3. The van der Waals surface area contributed by atoms with Crippen LogP contribution in [0.4, 0.5) is 5.69 Å². The van der Waals surface area contributed by atoms with Gasteiger partial charge in [-0.15, -0.1) is 0 Å². The number of benzene rings is 1. The molecule has 1 amide bonds. The largest absolute Gasteiger partial charge is 0.334 e. The number of rotatable bonds is 2. The molecule has 0 atom stereocenters. The van der Waals surface area contributed by atoms with Crippen LogP contribution < -0.4 is 0 Å². The predicted molar refractivity (Wildman–Crippen MR) is 80.1 cm³/mol. The van der Waals surface area contributed by atoms with Crippen molar-refractivity contribution in [2.75, 3.05) is 13.1 Å². The fourth-order valence-corrected chi connectivity index (χ4v) is 2.61. The van der Waals surface area contributed by atoms with E-state index in [1.807, 2.05) is 29.5 Å². The van der Waals surface area contributed by atoms with Gasteiger partial charge in [-0.3, -0.25) is 14.9 Å². The summed E-state index contributed by atoms with van der Waals surface area (Å²) in [4.78, 5) is 24.5. The summed E-state index contributed by atoms with van der Waals surface area (Å²) in [5, 5.41) is 10.8. The van der Waals surface area contributed by atoms with E-state index in [0.717, 1.165) is 15.6 Å². The van der Waals surface area contributed by atoms with Crippen LogP contribution in [-0.4, -0.2) is 28.8 Å². The van der Waals surface area contributed by atoms with Gasteiger partial charge in [0.15, 0.2) is 0 Å². The molecule has 0 saturated carbocycles. The van der Waals surface area contributed by atoms with Gasteiger partial charge in [0, 0.05) is 28.8 Å². The number of non-ortho nitro benzene ring substituents is 1. The van der Waals surface area contributed by atoms with Gasteiger partial charge in [-0.05, 0) is 42.0 Å². The highest BCUT2D eigenvalue weighted by molar-refractivity contribution is 14.1. The molecular weight excluding hydrogens is 359 g/mol. The monoisotopic (exact) mass is 372 g/mol. The zero-order chi connectivity index (χ0) is 14.0. The van der Waals surface area contributed by atoms with E-state index in [-0.39, 0.29) is 11.6 Å². The fourth-order valence-electron chi connectivity index (χ4n) is 2.05. The highest BCUT2D eigenvalue weighted by atomic mass is 127. The van der Waals surface area contributed by atoms with Gasteiger partial charge in [-0.1, -0.05) is 11.6 Å². The van der Waals surface area contributed by atoms with Crippen molar-refractivity contribution in [3.05, 3.63) is 49.1 Å². The van der Waals surface area contributed by atoms with E-state index in [1.54, 1.807) is 11.0 Å². The van der Waals surface area contributed by atoms with Gasteiger partial charge in [-0.2, -0.15) is 0 Å². The Labute approximate surface area is 124 Å². The predicted octanol–water partition coefficient (Wildman–Crippen LogP) is 2.99. The third-order valence-electron chi connectivity index (χ3n) is 3.01. The Morgan fingerprint density at radius 1 is 1.47 bits per heavy atom. The SMILES string of the molecule is CC1=CCCN(C(=O)c2cc([N+](=O)[O-])ccc2I)C1. The molecule has 0 unspecified atom stereocenters. The molecular formula is C13H13IN2O3. The maximum atomic E-state index is 12.4. The highest BCUT2D eigenvalue weighted by Crippen LogP contribution is 2.22. The summed E-state index contributed by atoms with van der Waals surface area (Å²) < 4.78 is 0.736. The van der Waals surface area contributed by atoms with Gasteiger partial charge >= 0.3 is 0 Å². The van der Waals surface area contributed by atoms with Crippen LogP contribution in [0.5, 0.6) is 0 Å². The lowest BCUT2D eigenvalue weighted by atomic mass is 10.1. The molecule has 5 nitrogen and oxygen atoms in total. The first-order valence-electron chi connectivity index (χ1n) is 5.88. The number of carbonyl (C=O) groups excluding carboxylic acids is 1. The molecule has 1 heterocycles. The Bertz CT molecular complexity index is 569.